The van der Waals surface area contributed by atoms with E-state index in [1.165, 1.54) is 6.07 Å². The zero-order chi connectivity index (χ0) is 12.7. The van der Waals surface area contributed by atoms with Crippen LogP contribution < -0.4 is 5.32 Å². The first kappa shape index (κ1) is 14.6. The lowest BCUT2D eigenvalue weighted by atomic mass is 10.2. The van der Waals surface area contributed by atoms with Gasteiger partial charge in [0.05, 0.1) is 11.1 Å². The topological polar surface area (TPSA) is 41.5 Å². The van der Waals surface area contributed by atoms with Crippen LogP contribution in [0.4, 0.5) is 4.39 Å². The van der Waals surface area contributed by atoms with E-state index in [0.29, 0.717) is 17.6 Å². The second-order valence-corrected chi connectivity index (χ2v) is 4.64. The van der Waals surface area contributed by atoms with Crippen LogP contribution in [0.5, 0.6) is 0 Å². The van der Waals surface area contributed by atoms with Crippen LogP contribution in [0, 0.1) is 5.82 Å². The van der Waals surface area contributed by atoms with Crippen LogP contribution in [0.25, 0.3) is 0 Å². The summed E-state index contributed by atoms with van der Waals surface area (Å²) in [7, 11) is 1.62. The molecule has 1 rings (SSSR count). The van der Waals surface area contributed by atoms with Gasteiger partial charge >= 0.3 is 0 Å². The molecule has 1 aromatic rings. The Balaban J connectivity index is 2.45. The van der Waals surface area contributed by atoms with Gasteiger partial charge in [0.2, 0.25) is 0 Å². The number of aliphatic hydroxyl groups excluding tert-OH is 1. The molecular weight excluding hydrogens is 289 g/mol. The van der Waals surface area contributed by atoms with Crippen molar-refractivity contribution >= 4 is 15.9 Å². The Labute approximate surface area is 109 Å². The van der Waals surface area contributed by atoms with Crippen molar-refractivity contribution in [2.24, 2.45) is 0 Å². The first-order chi connectivity index (χ1) is 8.17. The van der Waals surface area contributed by atoms with Crippen molar-refractivity contribution in [3.8, 4) is 0 Å². The Kier molecular flexibility index (Phi) is 6.65. The third-order valence-corrected chi connectivity index (χ3v) is 3.11. The standard InChI is InChI=1S/C12H17BrFNO2/c1-17-5-4-10(8-16)15-7-9-2-3-11(13)12(14)6-9/h2-3,6,10,15-16H,4-5,7-8H2,1H3. The SMILES string of the molecule is COCCC(CO)NCc1ccc(Br)c(F)c1. The zero-order valence-electron chi connectivity index (χ0n) is 9.75. The molecule has 17 heavy (non-hydrogen) atoms. The average molecular weight is 306 g/mol. The Morgan fingerprint density at radius 2 is 2.29 bits per heavy atom. The predicted octanol–water partition coefficient (Wildman–Crippen LogP) is 2.08. The smallest absolute Gasteiger partial charge is 0.137 e. The highest BCUT2D eigenvalue weighted by Crippen LogP contribution is 2.16. The zero-order valence-corrected chi connectivity index (χ0v) is 11.3. The molecule has 3 nitrogen and oxygen atoms in total. The lowest BCUT2D eigenvalue weighted by molar-refractivity contribution is 0.159. The molecule has 0 aliphatic carbocycles. The first-order valence-corrected chi connectivity index (χ1v) is 6.23. The van der Waals surface area contributed by atoms with E-state index in [9.17, 15) is 4.39 Å². The van der Waals surface area contributed by atoms with Crippen molar-refractivity contribution in [2.75, 3.05) is 20.3 Å². The van der Waals surface area contributed by atoms with E-state index in [2.05, 4.69) is 21.2 Å². The van der Waals surface area contributed by atoms with E-state index in [-0.39, 0.29) is 18.5 Å². The molecule has 96 valence electrons. The number of hydrogen-bond donors (Lipinski definition) is 2. The van der Waals surface area contributed by atoms with E-state index in [1.807, 2.05) is 6.07 Å². The van der Waals surface area contributed by atoms with Crippen molar-refractivity contribution in [1.82, 2.24) is 5.32 Å². The molecule has 0 aliphatic heterocycles. The molecule has 0 heterocycles. The van der Waals surface area contributed by atoms with Crippen LogP contribution in [0.15, 0.2) is 22.7 Å². The molecule has 0 saturated carbocycles. The molecule has 0 bridgehead atoms. The van der Waals surface area contributed by atoms with Crippen molar-refractivity contribution in [2.45, 2.75) is 19.0 Å². The monoisotopic (exact) mass is 305 g/mol. The summed E-state index contributed by atoms with van der Waals surface area (Å²) in [6, 6.07) is 4.96. The van der Waals surface area contributed by atoms with Crippen LogP contribution in [-0.4, -0.2) is 31.5 Å². The second kappa shape index (κ2) is 7.76. The van der Waals surface area contributed by atoms with Gasteiger partial charge in [-0.15, -0.1) is 0 Å². The summed E-state index contributed by atoms with van der Waals surface area (Å²) in [6.07, 6.45) is 0.728. The molecule has 0 aromatic heterocycles. The molecule has 1 aromatic carbocycles. The van der Waals surface area contributed by atoms with Crippen molar-refractivity contribution in [1.29, 1.82) is 0 Å². The van der Waals surface area contributed by atoms with E-state index in [4.69, 9.17) is 9.84 Å². The highest BCUT2D eigenvalue weighted by Gasteiger charge is 2.07. The number of halogens is 2. The summed E-state index contributed by atoms with van der Waals surface area (Å²) in [5.74, 6) is -0.276. The molecule has 1 unspecified atom stereocenters. The Hall–Kier alpha value is -0.490. The maximum Gasteiger partial charge on any atom is 0.137 e. The third-order valence-electron chi connectivity index (χ3n) is 2.47. The van der Waals surface area contributed by atoms with Crippen molar-refractivity contribution in [3.05, 3.63) is 34.1 Å². The molecule has 0 aliphatic rings. The maximum absolute atomic E-state index is 13.2. The van der Waals surface area contributed by atoms with Crippen LogP contribution >= 0.6 is 15.9 Å². The Morgan fingerprint density at radius 1 is 1.53 bits per heavy atom. The second-order valence-electron chi connectivity index (χ2n) is 3.79. The summed E-state index contributed by atoms with van der Waals surface area (Å²) >= 11 is 3.11. The quantitative estimate of drug-likeness (QED) is 0.810. The van der Waals surface area contributed by atoms with E-state index < -0.39 is 0 Å². The number of ether oxygens (including phenoxy) is 1. The van der Waals surface area contributed by atoms with Gasteiger partial charge in [-0.1, -0.05) is 6.07 Å². The fraction of sp³-hybridized carbons (Fsp3) is 0.500. The molecule has 0 amide bonds. The summed E-state index contributed by atoms with van der Waals surface area (Å²) in [5, 5.41) is 12.3. The minimum Gasteiger partial charge on any atom is -0.395 e. The Morgan fingerprint density at radius 3 is 2.88 bits per heavy atom. The van der Waals surface area contributed by atoms with E-state index in [1.54, 1.807) is 13.2 Å². The lowest BCUT2D eigenvalue weighted by Gasteiger charge is -2.15. The number of aliphatic hydroxyl groups is 1. The molecule has 1 atom stereocenters. The average Bonchev–Trinajstić information content (AvgIpc) is 2.34. The normalized spacial score (nSPS) is 12.7. The number of nitrogens with one attached hydrogen (secondary N) is 1. The summed E-state index contributed by atoms with van der Waals surface area (Å²) in [5.41, 5.74) is 0.849. The van der Waals surface area contributed by atoms with Gasteiger partial charge in [-0.3, -0.25) is 0 Å². The van der Waals surface area contributed by atoms with E-state index in [0.717, 1.165) is 12.0 Å². The van der Waals surface area contributed by atoms with Gasteiger partial charge in [0.1, 0.15) is 5.82 Å². The van der Waals surface area contributed by atoms with Crippen LogP contribution in [0.1, 0.15) is 12.0 Å². The molecule has 2 N–H and O–H groups in total. The lowest BCUT2D eigenvalue weighted by Crippen LogP contribution is -2.33. The van der Waals surface area contributed by atoms with Crippen molar-refractivity contribution in [3.63, 3.8) is 0 Å². The van der Waals surface area contributed by atoms with Crippen LogP contribution in [0.2, 0.25) is 0 Å². The molecule has 0 fully saturated rings. The van der Waals surface area contributed by atoms with Crippen LogP contribution in [-0.2, 0) is 11.3 Å². The summed E-state index contributed by atoms with van der Waals surface area (Å²) < 4.78 is 18.6. The fourth-order valence-electron chi connectivity index (χ4n) is 1.43. The highest BCUT2D eigenvalue weighted by molar-refractivity contribution is 9.10. The Bertz CT molecular complexity index is 349. The largest absolute Gasteiger partial charge is 0.395 e. The molecule has 0 spiro atoms. The highest BCUT2D eigenvalue weighted by atomic mass is 79.9. The van der Waals surface area contributed by atoms with Gasteiger partial charge in [0.25, 0.3) is 0 Å². The molecule has 0 radical (unpaired) electrons. The minimum atomic E-state index is -0.276. The third kappa shape index (κ3) is 5.12. The van der Waals surface area contributed by atoms with Gasteiger partial charge in [0.15, 0.2) is 0 Å². The minimum absolute atomic E-state index is 0.0262. The van der Waals surface area contributed by atoms with Gasteiger partial charge in [-0.25, -0.2) is 4.39 Å². The number of methoxy groups -OCH3 is 1. The number of benzene rings is 1. The molecule has 5 heteroatoms. The van der Waals surface area contributed by atoms with Gasteiger partial charge in [0, 0.05) is 26.3 Å². The molecule has 0 saturated heterocycles. The van der Waals surface area contributed by atoms with Gasteiger partial charge in [-0.05, 0) is 40.0 Å². The predicted molar refractivity (Wildman–Crippen MR) is 68.3 cm³/mol. The van der Waals surface area contributed by atoms with E-state index >= 15 is 0 Å². The first-order valence-electron chi connectivity index (χ1n) is 5.44. The number of rotatable bonds is 7. The van der Waals surface area contributed by atoms with Gasteiger partial charge < -0.3 is 15.2 Å². The van der Waals surface area contributed by atoms with Gasteiger partial charge in [-0.2, -0.15) is 0 Å². The maximum atomic E-state index is 13.2. The summed E-state index contributed by atoms with van der Waals surface area (Å²) in [4.78, 5) is 0. The molecular formula is C12H17BrFNO2. The number of hydrogen-bond acceptors (Lipinski definition) is 3. The summed E-state index contributed by atoms with van der Waals surface area (Å²) in [6.45, 7) is 1.16. The van der Waals surface area contributed by atoms with Crippen molar-refractivity contribution < 1.29 is 14.2 Å². The van der Waals surface area contributed by atoms with Crippen LogP contribution in [0.3, 0.4) is 0 Å². The fourth-order valence-corrected chi connectivity index (χ4v) is 1.68.